The highest BCUT2D eigenvalue weighted by Gasteiger charge is 2.52. The summed E-state index contributed by atoms with van der Waals surface area (Å²) in [6, 6.07) is 3.42. The monoisotopic (exact) mass is 591 g/mol. The Balaban J connectivity index is 1.36. The van der Waals surface area contributed by atoms with Crippen LogP contribution in [-0.4, -0.2) is 0 Å². The van der Waals surface area contributed by atoms with Crippen LogP contribution < -0.4 is 4.74 Å². The van der Waals surface area contributed by atoms with Gasteiger partial charge in [-0.25, -0.2) is 0 Å². The summed E-state index contributed by atoms with van der Waals surface area (Å²) in [5, 5.41) is -0.449. The molecular weight excluding hydrogens is 544 g/mol. The van der Waals surface area contributed by atoms with Gasteiger partial charge in [-0.05, 0) is 90.6 Å². The minimum absolute atomic E-state index is 0.00116. The van der Waals surface area contributed by atoms with Gasteiger partial charge in [0.1, 0.15) is 11.5 Å². The van der Waals surface area contributed by atoms with Gasteiger partial charge in [-0.2, -0.15) is 0 Å². The van der Waals surface area contributed by atoms with Crippen molar-refractivity contribution in [3.05, 3.63) is 179 Å². The van der Waals surface area contributed by atoms with Crippen LogP contribution in [-0.2, 0) is 10.8 Å². The summed E-state index contributed by atoms with van der Waals surface area (Å²) in [7, 11) is 0. The first kappa shape index (κ1) is 13.7. The Morgan fingerprint density at radius 2 is 1.29 bits per heavy atom. The smallest absolute Gasteiger partial charge is 0.131 e. The van der Waals surface area contributed by atoms with Gasteiger partial charge in [0.25, 0.3) is 0 Å². The van der Waals surface area contributed by atoms with Gasteiger partial charge in [0.15, 0.2) is 0 Å². The van der Waals surface area contributed by atoms with Crippen molar-refractivity contribution in [2.45, 2.75) is 24.7 Å². The average molecular weight is 592 g/mol. The molecule has 1 heterocycles. The summed E-state index contributed by atoms with van der Waals surface area (Å²) in [5.74, 6) is -0.407. The van der Waals surface area contributed by atoms with Crippen LogP contribution in [0.4, 0.5) is 0 Å². The van der Waals surface area contributed by atoms with Crippen molar-refractivity contribution in [3.63, 3.8) is 0 Å². The lowest BCUT2D eigenvalue weighted by Gasteiger charge is -2.35. The van der Waals surface area contributed by atoms with Crippen molar-refractivity contribution < 1.29 is 28.0 Å². The maximum atomic E-state index is 9.72. The predicted molar refractivity (Wildman–Crippen MR) is 184 cm³/mol. The molecule has 0 N–H and O–H groups in total. The van der Waals surface area contributed by atoms with E-state index in [-0.39, 0.29) is 78.9 Å². The van der Waals surface area contributed by atoms with Crippen molar-refractivity contribution in [2.75, 3.05) is 0 Å². The molecule has 0 radical (unpaired) electrons. The van der Waals surface area contributed by atoms with Crippen molar-refractivity contribution in [1.29, 1.82) is 0 Å². The zero-order valence-corrected chi connectivity index (χ0v) is 23.9. The van der Waals surface area contributed by atoms with Crippen LogP contribution in [0.5, 0.6) is 11.5 Å². The normalized spacial score (nSPS) is 22.8. The van der Waals surface area contributed by atoms with E-state index in [1.807, 2.05) is 0 Å². The number of hydrogen-bond acceptors (Lipinski definition) is 1. The fraction of sp³-hybridized carbons (Fsp3) is 0.0909. The van der Waals surface area contributed by atoms with Gasteiger partial charge >= 0.3 is 0 Å². The molecule has 1 aliphatic heterocycles. The predicted octanol–water partition coefficient (Wildman–Crippen LogP) is 11.3. The number of benzene rings is 7. The zero-order chi connectivity index (χ0) is 44.7. The Bertz CT molecular complexity index is 3340. The van der Waals surface area contributed by atoms with Crippen LogP contribution in [0.15, 0.2) is 145 Å². The van der Waals surface area contributed by atoms with Gasteiger partial charge in [0, 0.05) is 16.5 Å². The Hall–Kier alpha value is -5.40. The van der Waals surface area contributed by atoms with Crippen molar-refractivity contribution >= 4 is 10.8 Å². The molecule has 0 saturated heterocycles. The molecule has 1 atom stereocenters. The molecule has 0 amide bonds. The lowest BCUT2D eigenvalue weighted by molar-refractivity contribution is 0.418. The molecule has 3 aliphatic rings. The van der Waals surface area contributed by atoms with Crippen LogP contribution in [0, 0.1) is 0 Å². The summed E-state index contributed by atoms with van der Waals surface area (Å²) in [6.45, 7) is 3.31. The average Bonchev–Trinajstić information content (AvgIpc) is 3.72. The Kier molecular flexibility index (Phi) is 2.62. The van der Waals surface area contributed by atoms with Gasteiger partial charge < -0.3 is 4.74 Å². The molecule has 0 aromatic heterocycles. The molecule has 2 aliphatic carbocycles. The molecule has 0 saturated carbocycles. The number of ether oxygens (including phenoxy) is 1. The first-order valence-corrected chi connectivity index (χ1v) is 14.5. The molecule has 7 aromatic carbocycles. The minimum atomic E-state index is -1.81. The van der Waals surface area contributed by atoms with Crippen LogP contribution in [0.25, 0.3) is 44.2 Å². The summed E-state index contributed by atoms with van der Waals surface area (Å²) in [4.78, 5) is 0. The third-order valence-corrected chi connectivity index (χ3v) is 9.41. The van der Waals surface area contributed by atoms with E-state index in [4.69, 9.17) is 18.4 Å². The maximum absolute atomic E-state index is 9.72. The van der Waals surface area contributed by atoms with E-state index in [1.165, 1.54) is 0 Å². The standard InChI is InChI=1S/C44H30O/c1-43(2)36-17-9-10-18-40(36)45-41-24-21-29(26-39(41)43)28-19-22-32-31-13-5-7-15-34(31)44(38(32)25-28)35-16-8-6-14-33(35)42-30-12-4-3-11-27(30)20-23-37(42)44/h3-26H,1-2H3/i3D,4D,6D,8D,9D,10D,11D,12D,14D,16D,17D,18D,20D,21D,23D,24D,26D. The number of para-hydroxylation sites is 1. The van der Waals surface area contributed by atoms with E-state index in [0.717, 1.165) is 0 Å². The molecule has 1 spiro atoms. The van der Waals surface area contributed by atoms with E-state index in [2.05, 4.69) is 0 Å². The van der Waals surface area contributed by atoms with E-state index in [9.17, 15) is 9.60 Å². The van der Waals surface area contributed by atoms with Crippen LogP contribution in [0.2, 0.25) is 0 Å². The molecule has 7 aromatic rings. The van der Waals surface area contributed by atoms with Crippen LogP contribution in [0.3, 0.4) is 0 Å². The lowest BCUT2D eigenvalue weighted by Crippen LogP contribution is -2.26. The topological polar surface area (TPSA) is 9.23 Å². The van der Waals surface area contributed by atoms with Gasteiger partial charge in [-0.15, -0.1) is 0 Å². The number of fused-ring (bicyclic) bond motifs is 14. The summed E-state index contributed by atoms with van der Waals surface area (Å²) in [5.41, 5.74) is -0.968. The van der Waals surface area contributed by atoms with E-state index in [0.29, 0.717) is 22.3 Å². The molecule has 1 heteroatoms. The lowest BCUT2D eigenvalue weighted by atomic mass is 9.70. The highest BCUT2D eigenvalue weighted by Crippen LogP contribution is 2.64. The number of rotatable bonds is 1. The second kappa shape index (κ2) is 8.61. The van der Waals surface area contributed by atoms with Crippen molar-refractivity contribution in [2.24, 2.45) is 0 Å². The van der Waals surface area contributed by atoms with E-state index < -0.39 is 101 Å². The second-order valence-electron chi connectivity index (χ2n) is 11.9. The molecule has 212 valence electrons. The van der Waals surface area contributed by atoms with E-state index in [1.54, 1.807) is 56.3 Å². The Morgan fingerprint density at radius 1 is 0.533 bits per heavy atom. The SMILES string of the molecule is [2H]c1c([2H])c([2H])c2c(c1[2H])Oc1c([2H])c([2H])c(-c3ccc4c(c3)C3(c5ccccc5-4)c4c([2H])c([2H])c([2H])c([2H])c4-c4c3c([2H])c([2H])c3c([2H])c([2H])c([2H])c([2H])c43)c([2H])c1C2(C)C. The summed E-state index contributed by atoms with van der Waals surface area (Å²) < 4.78 is 159. The van der Waals surface area contributed by atoms with Crippen molar-refractivity contribution in [3.8, 4) is 44.9 Å². The molecule has 45 heavy (non-hydrogen) atoms. The molecule has 1 unspecified atom stereocenters. The zero-order valence-electron chi connectivity index (χ0n) is 40.9. The highest BCUT2D eigenvalue weighted by molar-refractivity contribution is 6.06. The van der Waals surface area contributed by atoms with Crippen LogP contribution in [0.1, 0.15) is 70.5 Å². The second-order valence-corrected chi connectivity index (χ2v) is 11.9. The first-order chi connectivity index (χ1) is 29.1. The van der Waals surface area contributed by atoms with Gasteiger partial charge in [0.05, 0.1) is 28.7 Å². The molecule has 0 bridgehead atoms. The molecule has 1 nitrogen and oxygen atoms in total. The quantitative estimate of drug-likeness (QED) is 0.184. The summed E-state index contributed by atoms with van der Waals surface area (Å²) >= 11 is 0. The molecular formula is C44H30O. The third kappa shape index (κ3) is 3.08. The minimum Gasteiger partial charge on any atom is -0.457 e. The summed E-state index contributed by atoms with van der Waals surface area (Å²) in [6.07, 6.45) is 0. The molecule has 0 fully saturated rings. The highest BCUT2D eigenvalue weighted by atomic mass is 16.5. The van der Waals surface area contributed by atoms with Crippen molar-refractivity contribution in [1.82, 2.24) is 0 Å². The fourth-order valence-electron chi connectivity index (χ4n) is 7.42. The Morgan fingerprint density at radius 3 is 2.22 bits per heavy atom. The first-order valence-electron chi connectivity index (χ1n) is 23.0. The van der Waals surface area contributed by atoms with Gasteiger partial charge in [0.2, 0.25) is 0 Å². The maximum Gasteiger partial charge on any atom is 0.131 e. The van der Waals surface area contributed by atoms with E-state index >= 15 is 0 Å². The van der Waals surface area contributed by atoms with Gasteiger partial charge in [-0.3, -0.25) is 0 Å². The van der Waals surface area contributed by atoms with Crippen LogP contribution >= 0.6 is 0 Å². The number of hydrogen-bond donors (Lipinski definition) is 0. The van der Waals surface area contributed by atoms with Gasteiger partial charge in [-0.1, -0.05) is 135 Å². The third-order valence-electron chi connectivity index (χ3n) is 9.41. The molecule has 10 rings (SSSR count). The Labute approximate surface area is 287 Å². The largest absolute Gasteiger partial charge is 0.457 e. The fourth-order valence-corrected chi connectivity index (χ4v) is 7.42.